The highest BCUT2D eigenvalue weighted by Crippen LogP contribution is 2.50. The summed E-state index contributed by atoms with van der Waals surface area (Å²) in [5.41, 5.74) is 1.52. The van der Waals surface area contributed by atoms with Gasteiger partial charge < -0.3 is 23.9 Å². The fourth-order valence-corrected chi connectivity index (χ4v) is 5.44. The molecule has 234 valence electrons. The maximum Gasteiger partial charge on any atom is 0.335 e. The van der Waals surface area contributed by atoms with Gasteiger partial charge in [-0.15, -0.1) is 0 Å². The highest BCUT2D eigenvalue weighted by atomic mass is 35.5. The number of benzene rings is 4. The van der Waals surface area contributed by atoms with Crippen LogP contribution in [0.2, 0.25) is 5.02 Å². The number of carbonyl (C=O) groups is 1. The zero-order chi connectivity index (χ0) is 32.5. The molecule has 45 heavy (non-hydrogen) atoms. The number of carboxylic acid groups (broad SMARTS) is 1. The first-order valence-electron chi connectivity index (χ1n) is 14.2. The van der Waals surface area contributed by atoms with Crippen LogP contribution in [0, 0.1) is 17.5 Å². The molecule has 1 aliphatic heterocycles. The van der Waals surface area contributed by atoms with E-state index >= 15 is 8.78 Å². The van der Waals surface area contributed by atoms with Gasteiger partial charge in [-0.2, -0.15) is 0 Å². The van der Waals surface area contributed by atoms with Crippen LogP contribution in [0.25, 0.3) is 22.2 Å². The number of nitrogens with zero attached hydrogens (tertiary/aromatic N) is 2. The van der Waals surface area contributed by atoms with E-state index in [0.717, 1.165) is 6.07 Å². The fourth-order valence-electron chi connectivity index (χ4n) is 5.28. The minimum atomic E-state index is -1.54. The molecular weight excluding hydrogens is 609 g/mol. The molecule has 0 bridgehead atoms. The molecular formula is C34H30ClF3N2O5. The topological polar surface area (TPSA) is 82.8 Å². The van der Waals surface area contributed by atoms with Crippen molar-refractivity contribution in [2.24, 2.45) is 0 Å². The molecule has 6 rings (SSSR count). The standard InChI is InChI=1S/C32H24ClF3N2O5.C2H6/c1-32(22-8-7-19(33)15-25(22)36)42-28-5-3-4-20(30(28)43-32)18-12-23(34)21(24(35)13-18)16-29-37-26-9-6-17(31(39)40)14-27(26)38(29)10-11-41-2;1-2/h3-9,12-15H,10-11,16H2,1-2H3,(H,39,40);1-2H3. The second-order valence-corrected chi connectivity index (χ2v) is 10.6. The Hall–Kier alpha value is -4.54. The van der Waals surface area contributed by atoms with E-state index in [2.05, 4.69) is 4.98 Å². The molecule has 11 heteroatoms. The van der Waals surface area contributed by atoms with Gasteiger partial charge in [-0.05, 0) is 60.2 Å². The maximum absolute atomic E-state index is 15.6. The van der Waals surface area contributed by atoms with Gasteiger partial charge >= 0.3 is 5.97 Å². The fraction of sp³-hybridized carbons (Fsp3) is 0.235. The Labute approximate surface area is 262 Å². The van der Waals surface area contributed by atoms with Crippen molar-refractivity contribution in [3.63, 3.8) is 0 Å². The van der Waals surface area contributed by atoms with Crippen LogP contribution in [-0.2, 0) is 23.5 Å². The largest absolute Gasteiger partial charge is 0.478 e. The second-order valence-electron chi connectivity index (χ2n) is 10.2. The van der Waals surface area contributed by atoms with Crippen molar-refractivity contribution in [3.05, 3.63) is 112 Å². The number of aromatic carboxylic acids is 1. The molecule has 1 N–H and O–H groups in total. The van der Waals surface area contributed by atoms with Crippen LogP contribution < -0.4 is 9.47 Å². The number of rotatable bonds is 8. The average molecular weight is 639 g/mol. The second kappa shape index (κ2) is 12.8. The monoisotopic (exact) mass is 638 g/mol. The molecule has 0 saturated heterocycles. The Morgan fingerprint density at radius 3 is 2.40 bits per heavy atom. The summed E-state index contributed by atoms with van der Waals surface area (Å²) in [5, 5.41) is 9.64. The molecule has 0 radical (unpaired) electrons. The summed E-state index contributed by atoms with van der Waals surface area (Å²) in [7, 11) is 1.52. The number of carboxylic acids is 1. The summed E-state index contributed by atoms with van der Waals surface area (Å²) in [4.78, 5) is 16.1. The SMILES string of the molecule is CC.COCCn1c(Cc2c(F)cc(-c3cccc4c3OC(C)(c3ccc(Cl)cc3F)O4)cc2F)nc2ccc(C(=O)O)cc21. The third kappa shape index (κ3) is 6.08. The van der Waals surface area contributed by atoms with Crippen LogP contribution in [0.5, 0.6) is 11.5 Å². The molecule has 0 fully saturated rings. The maximum atomic E-state index is 15.6. The number of halogens is 4. The van der Waals surface area contributed by atoms with Crippen LogP contribution in [0.4, 0.5) is 13.2 Å². The predicted octanol–water partition coefficient (Wildman–Crippen LogP) is 8.38. The van der Waals surface area contributed by atoms with Gasteiger partial charge in [-0.3, -0.25) is 0 Å². The summed E-state index contributed by atoms with van der Waals surface area (Å²) in [6.07, 6.45) is -0.195. The van der Waals surface area contributed by atoms with Gasteiger partial charge in [0.2, 0.25) is 0 Å². The number of fused-ring (bicyclic) bond motifs is 2. The van der Waals surface area contributed by atoms with E-state index in [0.29, 0.717) is 29.0 Å². The number of para-hydroxylation sites is 1. The van der Waals surface area contributed by atoms with Crippen molar-refractivity contribution in [2.45, 2.75) is 39.5 Å². The first kappa shape index (κ1) is 31.9. The quantitative estimate of drug-likeness (QED) is 0.184. The number of hydrogen-bond acceptors (Lipinski definition) is 5. The number of methoxy groups -OCH3 is 1. The number of ether oxygens (including phenoxy) is 3. The lowest BCUT2D eigenvalue weighted by molar-refractivity contribution is -0.0705. The van der Waals surface area contributed by atoms with Crippen molar-refractivity contribution < 1.29 is 37.3 Å². The number of aromatic nitrogens is 2. The Kier molecular flexibility index (Phi) is 9.08. The molecule has 1 atom stereocenters. The summed E-state index contributed by atoms with van der Waals surface area (Å²) in [5.74, 6) is -4.04. The van der Waals surface area contributed by atoms with E-state index in [1.54, 1.807) is 35.8 Å². The molecule has 0 amide bonds. The van der Waals surface area contributed by atoms with Gasteiger partial charge in [-0.25, -0.2) is 22.9 Å². The third-order valence-corrected chi connectivity index (χ3v) is 7.62. The molecule has 2 heterocycles. The van der Waals surface area contributed by atoms with E-state index in [1.807, 2.05) is 13.8 Å². The van der Waals surface area contributed by atoms with Gasteiger partial charge in [0.15, 0.2) is 11.5 Å². The minimum absolute atomic E-state index is 0.0656. The lowest BCUT2D eigenvalue weighted by atomic mass is 10.00. The highest BCUT2D eigenvalue weighted by Gasteiger charge is 2.42. The Morgan fingerprint density at radius 1 is 1.00 bits per heavy atom. The number of hydrogen-bond donors (Lipinski definition) is 1. The molecule has 7 nitrogen and oxygen atoms in total. The third-order valence-electron chi connectivity index (χ3n) is 7.38. The van der Waals surface area contributed by atoms with Gasteiger partial charge in [0.1, 0.15) is 23.3 Å². The summed E-state index contributed by atoms with van der Waals surface area (Å²) < 4.78 is 65.0. The number of imidazole rings is 1. The molecule has 1 aliphatic rings. The van der Waals surface area contributed by atoms with Crippen LogP contribution in [0.1, 0.15) is 48.1 Å². The Morgan fingerprint density at radius 2 is 1.73 bits per heavy atom. The molecule has 0 saturated carbocycles. The Bertz CT molecular complexity index is 1890. The van der Waals surface area contributed by atoms with Crippen molar-refractivity contribution in [2.75, 3.05) is 13.7 Å². The molecule has 1 unspecified atom stereocenters. The average Bonchev–Trinajstić information content (AvgIpc) is 3.54. The molecule has 4 aromatic carbocycles. The van der Waals surface area contributed by atoms with Gasteiger partial charge in [0, 0.05) is 43.1 Å². The first-order valence-corrected chi connectivity index (χ1v) is 14.6. The lowest BCUT2D eigenvalue weighted by Crippen LogP contribution is -2.32. The van der Waals surface area contributed by atoms with Crippen LogP contribution in [-0.4, -0.2) is 34.3 Å². The first-order chi connectivity index (χ1) is 21.6. The minimum Gasteiger partial charge on any atom is -0.478 e. The Balaban J connectivity index is 0.00000196. The van der Waals surface area contributed by atoms with Crippen molar-refractivity contribution >= 4 is 28.6 Å². The van der Waals surface area contributed by atoms with Crippen molar-refractivity contribution in [1.82, 2.24) is 9.55 Å². The normalized spacial score (nSPS) is 15.2. The molecule has 1 aromatic heterocycles. The predicted molar refractivity (Wildman–Crippen MR) is 165 cm³/mol. The molecule has 0 spiro atoms. The lowest BCUT2D eigenvalue weighted by Gasteiger charge is -2.24. The van der Waals surface area contributed by atoms with Crippen LogP contribution in [0.3, 0.4) is 0 Å². The summed E-state index contributed by atoms with van der Waals surface area (Å²) in [6.45, 7) is 6.12. The van der Waals surface area contributed by atoms with Crippen LogP contribution >= 0.6 is 11.6 Å². The van der Waals surface area contributed by atoms with E-state index < -0.39 is 29.2 Å². The zero-order valence-corrected chi connectivity index (χ0v) is 25.7. The van der Waals surface area contributed by atoms with E-state index in [4.69, 9.17) is 25.8 Å². The van der Waals surface area contributed by atoms with E-state index in [1.165, 1.54) is 43.5 Å². The van der Waals surface area contributed by atoms with Gasteiger partial charge in [0.25, 0.3) is 5.79 Å². The zero-order valence-electron chi connectivity index (χ0n) is 25.0. The summed E-state index contributed by atoms with van der Waals surface area (Å²) in [6, 6.07) is 15.9. The van der Waals surface area contributed by atoms with Gasteiger partial charge in [-0.1, -0.05) is 37.6 Å². The van der Waals surface area contributed by atoms with Crippen molar-refractivity contribution in [1.29, 1.82) is 0 Å². The van der Waals surface area contributed by atoms with Crippen molar-refractivity contribution in [3.8, 4) is 22.6 Å². The molecule has 0 aliphatic carbocycles. The highest BCUT2D eigenvalue weighted by molar-refractivity contribution is 6.30. The van der Waals surface area contributed by atoms with Crippen LogP contribution in [0.15, 0.2) is 66.7 Å². The van der Waals surface area contributed by atoms with E-state index in [-0.39, 0.29) is 51.8 Å². The van der Waals surface area contributed by atoms with E-state index in [9.17, 15) is 14.3 Å². The smallest absolute Gasteiger partial charge is 0.335 e. The molecule has 5 aromatic rings. The summed E-state index contributed by atoms with van der Waals surface area (Å²) >= 11 is 5.90. The van der Waals surface area contributed by atoms with Gasteiger partial charge in [0.05, 0.1) is 28.8 Å².